The quantitative estimate of drug-likeness (QED) is 0.195. The van der Waals surface area contributed by atoms with E-state index in [2.05, 4.69) is 10.6 Å². The van der Waals surface area contributed by atoms with Gasteiger partial charge in [-0.25, -0.2) is 16.8 Å². The number of nitrogens with one attached hydrogen (secondary N) is 2. The summed E-state index contributed by atoms with van der Waals surface area (Å²) in [5.41, 5.74) is 2.84. The van der Waals surface area contributed by atoms with Crippen LogP contribution >= 0.6 is 0 Å². The number of ether oxygens (including phenoxy) is 2. The highest BCUT2D eigenvalue weighted by molar-refractivity contribution is 7.92. The molecule has 0 aliphatic heterocycles. The van der Waals surface area contributed by atoms with Crippen molar-refractivity contribution >= 4 is 31.5 Å². The third kappa shape index (κ3) is 9.83. The zero-order valence-corrected chi connectivity index (χ0v) is 29.4. The number of hydrogen-bond donors (Lipinski definition) is 2. The molecule has 0 heterocycles. The largest absolute Gasteiger partial charge is 0.360 e. The summed E-state index contributed by atoms with van der Waals surface area (Å²) >= 11 is 0. The van der Waals surface area contributed by atoms with Crippen molar-refractivity contribution in [1.29, 1.82) is 0 Å². The summed E-state index contributed by atoms with van der Waals surface area (Å²) in [6.07, 6.45) is -1.91. The maximum atomic E-state index is 12.7. The summed E-state index contributed by atoms with van der Waals surface area (Å²) in [7, 11) is -4.52. The van der Waals surface area contributed by atoms with Gasteiger partial charge in [0, 0.05) is 25.3 Å². The van der Waals surface area contributed by atoms with Gasteiger partial charge < -0.3 is 20.1 Å². The van der Waals surface area contributed by atoms with E-state index in [1.807, 2.05) is 13.8 Å². The summed E-state index contributed by atoms with van der Waals surface area (Å²) < 4.78 is 61.4. The smallest absolute Gasteiger partial charge is 0.253 e. The normalized spacial score (nSPS) is 14.0. The molecule has 12 heteroatoms. The Balaban J connectivity index is 0.000000260. The van der Waals surface area contributed by atoms with Crippen LogP contribution in [0.3, 0.4) is 0 Å². The Morgan fingerprint density at radius 1 is 0.521 bits per heavy atom. The first-order valence-corrected chi connectivity index (χ1v) is 18.2. The molecule has 0 aromatic heterocycles. The molecule has 48 heavy (non-hydrogen) atoms. The topological polar surface area (TPSA) is 145 Å². The number of benzene rings is 4. The lowest BCUT2D eigenvalue weighted by molar-refractivity contribution is 0.0569. The van der Waals surface area contributed by atoms with Gasteiger partial charge in [0.05, 0.1) is 9.79 Å². The highest BCUT2D eigenvalue weighted by Gasteiger charge is 2.33. The van der Waals surface area contributed by atoms with Crippen molar-refractivity contribution in [2.75, 3.05) is 14.2 Å². The van der Waals surface area contributed by atoms with E-state index in [4.69, 9.17) is 9.47 Å². The Morgan fingerprint density at radius 3 is 1.08 bits per heavy atom. The van der Waals surface area contributed by atoms with Crippen molar-refractivity contribution in [3.63, 3.8) is 0 Å². The van der Waals surface area contributed by atoms with Crippen LogP contribution in [0, 0.1) is 13.8 Å². The number of aryl methyl sites for hydroxylation is 2. The van der Waals surface area contributed by atoms with Crippen LogP contribution in [0.1, 0.15) is 45.7 Å². The zero-order valence-electron chi connectivity index (χ0n) is 27.8. The predicted octanol–water partition coefficient (Wildman–Crippen LogP) is 5.12. The molecule has 2 N–H and O–H groups in total. The first-order valence-electron chi connectivity index (χ1n) is 15.1. The van der Waals surface area contributed by atoms with Gasteiger partial charge in [-0.15, -0.1) is 0 Å². The second-order valence-corrected chi connectivity index (χ2v) is 15.7. The molecule has 4 aromatic carbocycles. The fraction of sp³-hybridized carbons (Fsp3) is 0.278. The molecule has 0 saturated carbocycles. The van der Waals surface area contributed by atoms with Crippen LogP contribution in [0.25, 0.3) is 0 Å². The van der Waals surface area contributed by atoms with Crippen LogP contribution in [0.15, 0.2) is 119 Å². The molecule has 0 unspecified atom stereocenters. The van der Waals surface area contributed by atoms with Crippen LogP contribution in [-0.2, 0) is 29.1 Å². The first kappa shape index (κ1) is 38.1. The van der Waals surface area contributed by atoms with E-state index in [1.54, 1.807) is 109 Å². The second-order valence-electron chi connectivity index (χ2n) is 11.1. The summed E-state index contributed by atoms with van der Waals surface area (Å²) in [5.74, 6) is -0.762. The lowest BCUT2D eigenvalue weighted by Gasteiger charge is -2.24. The Labute approximate surface area is 283 Å². The van der Waals surface area contributed by atoms with Gasteiger partial charge in [0.1, 0.15) is 23.0 Å². The van der Waals surface area contributed by atoms with E-state index in [9.17, 15) is 26.4 Å². The molecule has 4 rings (SSSR count). The van der Waals surface area contributed by atoms with Crippen molar-refractivity contribution in [2.45, 2.75) is 60.4 Å². The first-order chi connectivity index (χ1) is 22.7. The van der Waals surface area contributed by atoms with Crippen molar-refractivity contribution < 1.29 is 35.9 Å². The average molecular weight is 695 g/mol. The summed E-state index contributed by atoms with van der Waals surface area (Å²) in [6, 6.07) is 30.4. The number of rotatable bonds is 12. The minimum atomic E-state index is -3.63. The fourth-order valence-corrected chi connectivity index (χ4v) is 7.45. The summed E-state index contributed by atoms with van der Waals surface area (Å²) in [6.45, 7) is 6.82. The molecule has 2 amide bonds. The van der Waals surface area contributed by atoms with E-state index in [1.165, 1.54) is 28.1 Å². The van der Waals surface area contributed by atoms with Crippen molar-refractivity contribution in [1.82, 2.24) is 10.6 Å². The Hall–Kier alpha value is -4.36. The third-order valence-corrected chi connectivity index (χ3v) is 12.0. The van der Waals surface area contributed by atoms with Gasteiger partial charge in [-0.2, -0.15) is 0 Å². The number of methoxy groups -OCH3 is 2. The molecule has 4 atom stereocenters. The molecule has 0 spiro atoms. The molecule has 0 radical (unpaired) electrons. The Morgan fingerprint density at radius 2 is 0.812 bits per heavy atom. The molecule has 4 aromatic rings. The third-order valence-electron chi connectivity index (χ3n) is 7.66. The summed E-state index contributed by atoms with van der Waals surface area (Å²) in [4.78, 5) is 24.9. The fourth-order valence-electron chi connectivity index (χ4n) is 4.55. The predicted molar refractivity (Wildman–Crippen MR) is 185 cm³/mol. The Kier molecular flexibility index (Phi) is 13.6. The maximum Gasteiger partial charge on any atom is 0.253 e. The minimum Gasteiger partial charge on any atom is -0.360 e. The molecule has 0 aliphatic carbocycles. The maximum absolute atomic E-state index is 12.7. The van der Waals surface area contributed by atoms with Crippen LogP contribution in [0.4, 0.5) is 0 Å². The van der Waals surface area contributed by atoms with E-state index >= 15 is 0 Å². The molecule has 10 nitrogen and oxygen atoms in total. The number of hydrogen-bond acceptors (Lipinski definition) is 8. The van der Waals surface area contributed by atoms with Crippen molar-refractivity contribution in [3.05, 3.63) is 131 Å². The average Bonchev–Trinajstić information content (AvgIpc) is 3.10. The van der Waals surface area contributed by atoms with Crippen LogP contribution in [0.2, 0.25) is 0 Å². The van der Waals surface area contributed by atoms with Gasteiger partial charge >= 0.3 is 0 Å². The van der Waals surface area contributed by atoms with E-state index in [0.29, 0.717) is 11.1 Å². The van der Waals surface area contributed by atoms with Gasteiger partial charge in [-0.05, 0) is 76.2 Å². The summed E-state index contributed by atoms with van der Waals surface area (Å²) in [5, 5.41) is 3.39. The monoisotopic (exact) mass is 694 g/mol. The van der Waals surface area contributed by atoms with Gasteiger partial charge in [-0.1, -0.05) is 71.8 Å². The number of carbonyl (C=O) groups excluding carboxylic acids is 2. The van der Waals surface area contributed by atoms with Gasteiger partial charge in [0.25, 0.3) is 11.8 Å². The molecule has 0 saturated heterocycles. The Bertz CT molecular complexity index is 1710. The molecule has 0 bridgehead atoms. The van der Waals surface area contributed by atoms with Crippen LogP contribution in [-0.4, -0.2) is 65.8 Å². The zero-order chi connectivity index (χ0) is 35.5. The number of amides is 2. The molecule has 0 aliphatic rings. The molecular formula is C36H42N2O8S2. The van der Waals surface area contributed by atoms with Gasteiger partial charge in [0.2, 0.25) is 0 Å². The van der Waals surface area contributed by atoms with E-state index in [-0.39, 0.29) is 21.6 Å². The lowest BCUT2D eigenvalue weighted by atomic mass is 10.2. The second kappa shape index (κ2) is 17.2. The lowest BCUT2D eigenvalue weighted by Crippen LogP contribution is -2.46. The minimum absolute atomic E-state index is 0.205. The van der Waals surface area contributed by atoms with E-state index < -0.39 is 42.6 Å². The molecular weight excluding hydrogens is 653 g/mol. The number of sulfone groups is 2. The van der Waals surface area contributed by atoms with Crippen molar-refractivity contribution in [3.8, 4) is 0 Å². The van der Waals surface area contributed by atoms with Crippen molar-refractivity contribution in [2.24, 2.45) is 0 Å². The van der Waals surface area contributed by atoms with Crippen LogP contribution in [0.5, 0.6) is 0 Å². The SMILES string of the molecule is CO[C@H](NC(=O)c1ccccc1)[C@H](C)S(=O)(=O)c1ccc(C)cc1.CO[C@H](NC(=O)c1ccccc1)[C@H](C)S(=O)(=O)c1ccc(C)cc1. The van der Waals surface area contributed by atoms with Gasteiger partial charge in [-0.3, -0.25) is 9.59 Å². The highest BCUT2D eigenvalue weighted by atomic mass is 32.2. The van der Waals surface area contributed by atoms with Gasteiger partial charge in [0.15, 0.2) is 19.7 Å². The number of carbonyl (C=O) groups is 2. The van der Waals surface area contributed by atoms with Crippen LogP contribution < -0.4 is 10.6 Å². The highest BCUT2D eigenvalue weighted by Crippen LogP contribution is 2.21. The molecule has 256 valence electrons. The van der Waals surface area contributed by atoms with E-state index in [0.717, 1.165) is 11.1 Å². The standard InChI is InChI=1S/2C18H21NO4S/c2*1-13-9-11-16(12-10-13)24(21,22)14(2)18(23-3)19-17(20)15-7-5-4-6-8-15/h2*4-12,14,18H,1-3H3,(H,19,20)/t2*14-,18-/m00/s1. The molecule has 0 fully saturated rings.